The van der Waals surface area contributed by atoms with Gasteiger partial charge in [0.25, 0.3) is 0 Å². The lowest BCUT2D eigenvalue weighted by molar-refractivity contribution is -0.123. The lowest BCUT2D eigenvalue weighted by Gasteiger charge is -2.21. The van der Waals surface area contributed by atoms with Gasteiger partial charge in [-0.15, -0.1) is 0 Å². The Morgan fingerprint density at radius 1 is 1.37 bits per heavy atom. The van der Waals surface area contributed by atoms with Gasteiger partial charge in [0.2, 0.25) is 5.91 Å². The molecule has 0 aliphatic rings. The lowest BCUT2D eigenvalue weighted by Crippen LogP contribution is -2.37. The molecule has 0 saturated heterocycles. The maximum atomic E-state index is 12.0. The number of aromatic nitrogens is 1. The van der Waals surface area contributed by atoms with E-state index in [0.29, 0.717) is 12.3 Å². The third kappa shape index (κ3) is 3.00. The van der Waals surface area contributed by atoms with Gasteiger partial charge in [0.15, 0.2) is 12.2 Å². The smallest absolute Gasteiger partial charge is 0.231 e. The summed E-state index contributed by atoms with van der Waals surface area (Å²) in [5.41, 5.74) is 6.63. The van der Waals surface area contributed by atoms with Gasteiger partial charge in [-0.3, -0.25) is 4.79 Å². The maximum Gasteiger partial charge on any atom is 0.231 e. The molecule has 0 saturated carbocycles. The largest absolute Gasteiger partial charge is 0.444 e. The average Bonchev–Trinajstić information content (AvgIpc) is 2.93. The molecule has 19 heavy (non-hydrogen) atoms. The number of nitrogens with one attached hydrogen (secondary N) is 1. The van der Waals surface area contributed by atoms with Gasteiger partial charge < -0.3 is 15.5 Å². The van der Waals surface area contributed by atoms with E-state index in [0.717, 1.165) is 11.3 Å². The zero-order valence-corrected chi connectivity index (χ0v) is 11.0. The van der Waals surface area contributed by atoms with E-state index in [1.54, 1.807) is 6.20 Å². The second-order valence-corrected chi connectivity index (χ2v) is 4.99. The molecule has 5 heteroatoms. The number of benzene rings is 1. The number of carbonyl (C=O) groups excluding carboxylic acids is 1. The number of carbonyl (C=O) groups is 1. The summed E-state index contributed by atoms with van der Waals surface area (Å²) in [6.45, 7) is 3.92. The summed E-state index contributed by atoms with van der Waals surface area (Å²) in [6.07, 6.45) is 3.03. The van der Waals surface area contributed by atoms with Gasteiger partial charge in [0.05, 0.1) is 11.6 Å². The zero-order valence-electron chi connectivity index (χ0n) is 11.0. The Morgan fingerprint density at radius 3 is 2.58 bits per heavy atom. The Hall–Kier alpha value is -2.14. The number of nitrogens with two attached hydrogens (primary N) is 1. The van der Waals surface area contributed by atoms with Crippen molar-refractivity contribution >= 4 is 11.6 Å². The fourth-order valence-electron chi connectivity index (χ4n) is 1.47. The van der Waals surface area contributed by atoms with Gasteiger partial charge >= 0.3 is 0 Å². The van der Waals surface area contributed by atoms with Crippen LogP contribution < -0.4 is 11.1 Å². The Bertz CT molecular complexity index is 545. The molecule has 0 bridgehead atoms. The van der Waals surface area contributed by atoms with Crippen molar-refractivity contribution in [1.82, 2.24) is 4.98 Å². The Labute approximate surface area is 111 Å². The number of amides is 1. The van der Waals surface area contributed by atoms with Crippen molar-refractivity contribution in [2.24, 2.45) is 11.1 Å². The first-order valence-corrected chi connectivity index (χ1v) is 6.03. The van der Waals surface area contributed by atoms with Crippen LogP contribution in [-0.4, -0.2) is 17.4 Å². The van der Waals surface area contributed by atoms with Crippen LogP contribution in [0.1, 0.15) is 13.8 Å². The van der Waals surface area contributed by atoms with E-state index in [9.17, 15) is 4.79 Å². The van der Waals surface area contributed by atoms with E-state index < -0.39 is 5.41 Å². The summed E-state index contributed by atoms with van der Waals surface area (Å²) in [6, 6.07) is 7.38. The summed E-state index contributed by atoms with van der Waals surface area (Å²) < 4.78 is 5.20. The molecule has 5 nitrogen and oxygen atoms in total. The molecule has 1 aromatic carbocycles. The van der Waals surface area contributed by atoms with Gasteiger partial charge in [-0.25, -0.2) is 4.98 Å². The van der Waals surface area contributed by atoms with Crippen LogP contribution in [0, 0.1) is 5.41 Å². The maximum absolute atomic E-state index is 12.0. The second kappa shape index (κ2) is 5.24. The fourth-order valence-corrected chi connectivity index (χ4v) is 1.47. The highest BCUT2D eigenvalue weighted by Gasteiger charge is 2.25. The highest BCUT2D eigenvalue weighted by atomic mass is 16.3. The van der Waals surface area contributed by atoms with Gasteiger partial charge in [-0.05, 0) is 38.1 Å². The highest BCUT2D eigenvalue weighted by molar-refractivity contribution is 5.95. The number of rotatable bonds is 4. The number of nitrogens with zero attached hydrogens (tertiary/aromatic N) is 1. The van der Waals surface area contributed by atoms with E-state index in [1.165, 1.54) is 6.39 Å². The molecule has 0 aliphatic heterocycles. The van der Waals surface area contributed by atoms with Gasteiger partial charge in [0, 0.05) is 17.8 Å². The number of oxazole rings is 1. The molecule has 1 heterocycles. The SMILES string of the molecule is CC(C)(CN)C(=O)Nc1ccc(-c2cnco2)cc1. The summed E-state index contributed by atoms with van der Waals surface area (Å²) >= 11 is 0. The minimum absolute atomic E-state index is 0.0950. The number of hydrogen-bond donors (Lipinski definition) is 2. The van der Waals surface area contributed by atoms with Gasteiger partial charge in [-0.2, -0.15) is 0 Å². The molecule has 100 valence electrons. The molecule has 1 amide bonds. The third-order valence-electron chi connectivity index (χ3n) is 2.98. The molecule has 0 atom stereocenters. The average molecular weight is 259 g/mol. The molecule has 0 spiro atoms. The Morgan fingerprint density at radius 2 is 2.05 bits per heavy atom. The van der Waals surface area contributed by atoms with E-state index in [4.69, 9.17) is 10.2 Å². The Balaban J connectivity index is 2.10. The van der Waals surface area contributed by atoms with Crippen LogP contribution in [-0.2, 0) is 4.79 Å². The lowest BCUT2D eigenvalue weighted by atomic mass is 9.92. The predicted octanol–water partition coefficient (Wildman–Crippen LogP) is 2.27. The topological polar surface area (TPSA) is 81.2 Å². The number of hydrogen-bond acceptors (Lipinski definition) is 4. The molecule has 2 rings (SSSR count). The van der Waals surface area contributed by atoms with Crippen LogP contribution in [0.25, 0.3) is 11.3 Å². The Kier molecular flexibility index (Phi) is 3.66. The van der Waals surface area contributed by atoms with Crippen molar-refractivity contribution in [1.29, 1.82) is 0 Å². The normalized spacial score (nSPS) is 11.3. The van der Waals surface area contributed by atoms with Crippen LogP contribution in [0.2, 0.25) is 0 Å². The minimum atomic E-state index is -0.580. The second-order valence-electron chi connectivity index (χ2n) is 4.99. The van der Waals surface area contributed by atoms with Crippen LogP contribution in [0.5, 0.6) is 0 Å². The molecule has 0 radical (unpaired) electrons. The summed E-state index contributed by atoms with van der Waals surface area (Å²) in [5.74, 6) is 0.600. The third-order valence-corrected chi connectivity index (χ3v) is 2.98. The summed E-state index contributed by atoms with van der Waals surface area (Å²) in [5, 5.41) is 2.84. The van der Waals surface area contributed by atoms with Crippen LogP contribution in [0.4, 0.5) is 5.69 Å². The van der Waals surface area contributed by atoms with Gasteiger partial charge in [-0.1, -0.05) is 0 Å². The minimum Gasteiger partial charge on any atom is -0.444 e. The van der Waals surface area contributed by atoms with E-state index in [1.807, 2.05) is 38.1 Å². The van der Waals surface area contributed by atoms with Crippen LogP contribution >= 0.6 is 0 Å². The van der Waals surface area contributed by atoms with Crippen molar-refractivity contribution in [2.45, 2.75) is 13.8 Å². The van der Waals surface area contributed by atoms with Crippen molar-refractivity contribution in [3.8, 4) is 11.3 Å². The number of anilines is 1. The summed E-state index contributed by atoms with van der Waals surface area (Å²) in [7, 11) is 0. The van der Waals surface area contributed by atoms with Gasteiger partial charge in [0.1, 0.15) is 0 Å². The van der Waals surface area contributed by atoms with E-state index in [-0.39, 0.29) is 5.91 Å². The molecule has 3 N–H and O–H groups in total. The van der Waals surface area contributed by atoms with Crippen molar-refractivity contribution in [2.75, 3.05) is 11.9 Å². The first kappa shape index (κ1) is 13.3. The van der Waals surface area contributed by atoms with Crippen LogP contribution in [0.15, 0.2) is 41.3 Å². The van der Waals surface area contributed by atoms with Crippen molar-refractivity contribution < 1.29 is 9.21 Å². The molecule has 1 aromatic heterocycles. The molecular weight excluding hydrogens is 242 g/mol. The molecule has 2 aromatic rings. The van der Waals surface area contributed by atoms with E-state index in [2.05, 4.69) is 10.3 Å². The van der Waals surface area contributed by atoms with Crippen LogP contribution in [0.3, 0.4) is 0 Å². The predicted molar refractivity (Wildman–Crippen MR) is 73.4 cm³/mol. The molecule has 0 fully saturated rings. The van der Waals surface area contributed by atoms with Crippen molar-refractivity contribution in [3.63, 3.8) is 0 Å². The molecule has 0 aliphatic carbocycles. The standard InChI is InChI=1S/C14H17N3O2/c1-14(2,8-15)13(18)17-11-5-3-10(4-6-11)12-7-16-9-19-12/h3-7,9H,8,15H2,1-2H3,(H,17,18). The fraction of sp³-hybridized carbons (Fsp3) is 0.286. The first-order chi connectivity index (χ1) is 9.03. The highest BCUT2D eigenvalue weighted by Crippen LogP contribution is 2.22. The first-order valence-electron chi connectivity index (χ1n) is 6.03. The molecule has 0 unspecified atom stereocenters. The quantitative estimate of drug-likeness (QED) is 0.882. The molecular formula is C14H17N3O2. The summed E-state index contributed by atoms with van der Waals surface area (Å²) in [4.78, 5) is 15.8. The van der Waals surface area contributed by atoms with Crippen molar-refractivity contribution in [3.05, 3.63) is 36.9 Å². The monoisotopic (exact) mass is 259 g/mol. The van der Waals surface area contributed by atoms with E-state index >= 15 is 0 Å². The zero-order chi connectivity index (χ0) is 13.9.